The second kappa shape index (κ2) is 5.77. The normalized spacial score (nSPS) is 10.8. The summed E-state index contributed by atoms with van der Waals surface area (Å²) in [7, 11) is 0. The van der Waals surface area contributed by atoms with Crippen LogP contribution < -0.4 is 10.3 Å². The van der Waals surface area contributed by atoms with Crippen molar-refractivity contribution in [1.29, 1.82) is 0 Å². The first-order chi connectivity index (χ1) is 9.51. The highest BCUT2D eigenvalue weighted by Gasteiger charge is 2.10. The molecule has 1 aromatic carbocycles. The maximum Gasteiger partial charge on any atom is 0.258 e. The molecule has 1 heterocycles. The molecule has 0 fully saturated rings. The van der Waals surface area contributed by atoms with Crippen molar-refractivity contribution in [3.05, 3.63) is 40.2 Å². The lowest BCUT2D eigenvalue weighted by Gasteiger charge is -2.11. The number of rotatable bonds is 4. The van der Waals surface area contributed by atoms with Crippen LogP contribution in [-0.2, 0) is 6.42 Å². The minimum atomic E-state index is -0.315. The number of benzene rings is 1. The van der Waals surface area contributed by atoms with Crippen molar-refractivity contribution in [3.63, 3.8) is 0 Å². The van der Waals surface area contributed by atoms with Gasteiger partial charge in [0.2, 0.25) is 5.88 Å². The molecule has 0 aliphatic rings. The number of aromatic hydroxyl groups is 1. The van der Waals surface area contributed by atoms with Gasteiger partial charge in [0.25, 0.3) is 5.56 Å². The van der Waals surface area contributed by atoms with Crippen molar-refractivity contribution in [1.82, 2.24) is 9.97 Å². The van der Waals surface area contributed by atoms with Crippen LogP contribution in [0.15, 0.2) is 29.1 Å². The summed E-state index contributed by atoms with van der Waals surface area (Å²) in [6, 6.07) is 7.24. The number of H-pyrrole nitrogens is 1. The van der Waals surface area contributed by atoms with E-state index in [9.17, 15) is 9.90 Å². The van der Waals surface area contributed by atoms with Crippen LogP contribution in [0.1, 0.15) is 26.3 Å². The lowest BCUT2D eigenvalue weighted by molar-refractivity contribution is 0.242. The Balaban J connectivity index is 2.44. The molecule has 0 radical (unpaired) electrons. The number of nitrogens with zero attached hydrogens (tertiary/aromatic N) is 1. The lowest BCUT2D eigenvalue weighted by atomic mass is 10.2. The third-order valence-corrected chi connectivity index (χ3v) is 2.83. The van der Waals surface area contributed by atoms with Gasteiger partial charge in [0.05, 0.1) is 11.7 Å². The van der Waals surface area contributed by atoms with E-state index < -0.39 is 0 Å². The number of nitrogens with one attached hydrogen (secondary N) is 1. The van der Waals surface area contributed by atoms with Crippen LogP contribution >= 0.6 is 0 Å². The highest BCUT2D eigenvalue weighted by molar-refractivity contribution is 5.58. The molecule has 1 aromatic heterocycles. The molecule has 2 aromatic rings. The predicted molar refractivity (Wildman–Crippen MR) is 77.1 cm³/mol. The molecule has 0 unspecified atom stereocenters. The molecule has 2 rings (SSSR count). The van der Waals surface area contributed by atoms with Gasteiger partial charge in [-0.2, -0.15) is 4.98 Å². The van der Waals surface area contributed by atoms with Crippen LogP contribution in [0, 0.1) is 0 Å². The molecule has 5 nitrogen and oxygen atoms in total. The Hall–Kier alpha value is -2.30. The Labute approximate surface area is 117 Å². The summed E-state index contributed by atoms with van der Waals surface area (Å²) < 4.78 is 5.60. The van der Waals surface area contributed by atoms with Crippen LogP contribution in [0.5, 0.6) is 11.6 Å². The van der Waals surface area contributed by atoms with E-state index in [0.29, 0.717) is 29.1 Å². The molecule has 0 bridgehead atoms. The van der Waals surface area contributed by atoms with Gasteiger partial charge in [-0.25, -0.2) is 0 Å². The van der Waals surface area contributed by atoms with Gasteiger partial charge < -0.3 is 14.8 Å². The van der Waals surface area contributed by atoms with Gasteiger partial charge in [-0.3, -0.25) is 4.79 Å². The van der Waals surface area contributed by atoms with Crippen molar-refractivity contribution >= 4 is 0 Å². The maximum atomic E-state index is 11.8. The smallest absolute Gasteiger partial charge is 0.258 e. The highest BCUT2D eigenvalue weighted by atomic mass is 16.5. The zero-order valence-electron chi connectivity index (χ0n) is 11.8. The van der Waals surface area contributed by atoms with Crippen molar-refractivity contribution in [2.45, 2.75) is 33.3 Å². The van der Waals surface area contributed by atoms with Crippen LogP contribution in [0.25, 0.3) is 11.4 Å². The van der Waals surface area contributed by atoms with E-state index in [1.165, 1.54) is 0 Å². The van der Waals surface area contributed by atoms with Crippen LogP contribution in [0.2, 0.25) is 0 Å². The van der Waals surface area contributed by atoms with Gasteiger partial charge in [-0.05, 0) is 32.4 Å². The number of aromatic nitrogens is 2. The van der Waals surface area contributed by atoms with E-state index in [0.717, 1.165) is 0 Å². The second-order valence-corrected chi connectivity index (χ2v) is 4.76. The first-order valence-electron chi connectivity index (χ1n) is 6.60. The van der Waals surface area contributed by atoms with Gasteiger partial charge in [0.15, 0.2) is 0 Å². The summed E-state index contributed by atoms with van der Waals surface area (Å²) in [4.78, 5) is 18.6. The SMILES string of the molecule is CCc1c(O)nc(-c2cccc(OC(C)C)c2)[nH]c1=O. The molecular weight excluding hydrogens is 256 g/mol. The summed E-state index contributed by atoms with van der Waals surface area (Å²) in [6.07, 6.45) is 0.499. The molecule has 0 aliphatic heterocycles. The van der Waals surface area contributed by atoms with Crippen molar-refractivity contribution in [2.24, 2.45) is 0 Å². The van der Waals surface area contributed by atoms with Gasteiger partial charge in [0, 0.05) is 5.56 Å². The zero-order valence-corrected chi connectivity index (χ0v) is 11.8. The van der Waals surface area contributed by atoms with Crippen LogP contribution in [-0.4, -0.2) is 21.2 Å². The van der Waals surface area contributed by atoms with Crippen molar-refractivity contribution in [2.75, 3.05) is 0 Å². The second-order valence-electron chi connectivity index (χ2n) is 4.76. The molecule has 0 aliphatic carbocycles. The fraction of sp³-hybridized carbons (Fsp3) is 0.333. The molecule has 0 spiro atoms. The standard InChI is InChI=1S/C15H18N2O3/c1-4-12-14(18)16-13(17-15(12)19)10-6-5-7-11(8-10)20-9(2)3/h5-9H,4H2,1-3H3,(H2,16,17,18,19). The lowest BCUT2D eigenvalue weighted by Crippen LogP contribution is -2.14. The molecule has 0 saturated carbocycles. The Morgan fingerprint density at radius 3 is 2.75 bits per heavy atom. The molecule has 0 atom stereocenters. The van der Waals surface area contributed by atoms with E-state index in [-0.39, 0.29) is 17.5 Å². The minimum Gasteiger partial charge on any atom is -0.493 e. The van der Waals surface area contributed by atoms with Crippen molar-refractivity contribution < 1.29 is 9.84 Å². The zero-order chi connectivity index (χ0) is 14.7. The summed E-state index contributed by atoms with van der Waals surface area (Å²) in [5.74, 6) is 0.805. The van der Waals surface area contributed by atoms with Gasteiger partial charge in [-0.1, -0.05) is 19.1 Å². The van der Waals surface area contributed by atoms with E-state index in [4.69, 9.17) is 4.74 Å². The Bertz CT molecular complexity index is 662. The third kappa shape index (κ3) is 2.99. The number of hydrogen-bond donors (Lipinski definition) is 2. The first-order valence-corrected chi connectivity index (χ1v) is 6.60. The highest BCUT2D eigenvalue weighted by Crippen LogP contribution is 2.23. The summed E-state index contributed by atoms with van der Waals surface area (Å²) in [5.41, 5.74) is 0.673. The third-order valence-electron chi connectivity index (χ3n) is 2.83. The van der Waals surface area contributed by atoms with Gasteiger partial charge in [-0.15, -0.1) is 0 Å². The molecule has 106 valence electrons. The van der Waals surface area contributed by atoms with Crippen LogP contribution in [0.3, 0.4) is 0 Å². The fourth-order valence-corrected chi connectivity index (χ4v) is 1.93. The average molecular weight is 274 g/mol. The number of aromatic amines is 1. The number of hydrogen-bond acceptors (Lipinski definition) is 4. The molecule has 2 N–H and O–H groups in total. The monoisotopic (exact) mass is 274 g/mol. The van der Waals surface area contributed by atoms with Gasteiger partial charge >= 0.3 is 0 Å². The maximum absolute atomic E-state index is 11.8. The molecular formula is C15H18N2O3. The first kappa shape index (κ1) is 14.1. The van der Waals surface area contributed by atoms with Crippen LogP contribution in [0.4, 0.5) is 0 Å². The largest absolute Gasteiger partial charge is 0.493 e. The van der Waals surface area contributed by atoms with E-state index in [1.54, 1.807) is 19.1 Å². The van der Waals surface area contributed by atoms with E-state index in [2.05, 4.69) is 9.97 Å². The van der Waals surface area contributed by atoms with E-state index >= 15 is 0 Å². The van der Waals surface area contributed by atoms with Crippen molar-refractivity contribution in [3.8, 4) is 23.0 Å². The summed E-state index contributed by atoms with van der Waals surface area (Å²) >= 11 is 0. The summed E-state index contributed by atoms with van der Waals surface area (Å²) in [6.45, 7) is 5.67. The summed E-state index contributed by atoms with van der Waals surface area (Å²) in [5, 5.41) is 9.79. The Kier molecular flexibility index (Phi) is 4.08. The van der Waals surface area contributed by atoms with E-state index in [1.807, 2.05) is 26.0 Å². The molecule has 20 heavy (non-hydrogen) atoms. The Morgan fingerprint density at radius 2 is 2.15 bits per heavy atom. The Morgan fingerprint density at radius 1 is 1.40 bits per heavy atom. The predicted octanol–water partition coefficient (Wildman–Crippen LogP) is 2.49. The number of ether oxygens (including phenoxy) is 1. The quantitative estimate of drug-likeness (QED) is 0.898. The fourth-order valence-electron chi connectivity index (χ4n) is 1.93. The topological polar surface area (TPSA) is 75.2 Å². The molecule has 0 amide bonds. The molecule has 0 saturated heterocycles. The minimum absolute atomic E-state index is 0.0631. The van der Waals surface area contributed by atoms with Gasteiger partial charge in [0.1, 0.15) is 11.6 Å². The average Bonchev–Trinajstić information content (AvgIpc) is 2.38. The molecule has 5 heteroatoms.